The molecular formula is C17H14BrN3O2. The summed E-state index contributed by atoms with van der Waals surface area (Å²) in [6, 6.07) is 15.3. The highest BCUT2D eigenvalue weighted by molar-refractivity contribution is 9.10. The Balaban J connectivity index is 2.12. The van der Waals surface area contributed by atoms with E-state index in [1.54, 1.807) is 0 Å². The minimum Gasteiger partial charge on any atom is -0.372 e. The van der Waals surface area contributed by atoms with Crippen LogP contribution in [0.1, 0.15) is 18.5 Å². The van der Waals surface area contributed by atoms with Crippen LogP contribution in [0.15, 0.2) is 59.2 Å². The van der Waals surface area contributed by atoms with E-state index in [2.05, 4.69) is 26.2 Å². The number of pyridine rings is 1. The van der Waals surface area contributed by atoms with Crippen LogP contribution in [-0.2, 0) is 0 Å². The summed E-state index contributed by atoms with van der Waals surface area (Å²) in [6.07, 6.45) is 1.30. The number of nitrogens with one attached hydrogen (secondary N) is 1. The van der Waals surface area contributed by atoms with E-state index < -0.39 is 4.92 Å². The van der Waals surface area contributed by atoms with E-state index >= 15 is 0 Å². The molecule has 116 valence electrons. The van der Waals surface area contributed by atoms with Gasteiger partial charge in [-0.2, -0.15) is 0 Å². The molecule has 0 aliphatic rings. The second kappa shape index (κ2) is 6.34. The van der Waals surface area contributed by atoms with Gasteiger partial charge in [-0.25, -0.2) is 4.98 Å². The number of fused-ring (bicyclic) bond motifs is 1. The van der Waals surface area contributed by atoms with Gasteiger partial charge in [0.15, 0.2) is 0 Å². The maximum absolute atomic E-state index is 11.4. The largest absolute Gasteiger partial charge is 0.372 e. The summed E-state index contributed by atoms with van der Waals surface area (Å²) in [5, 5.41) is 15.4. The molecule has 6 heteroatoms. The molecule has 2 aromatic carbocycles. The van der Waals surface area contributed by atoms with Gasteiger partial charge >= 0.3 is 5.69 Å². The fourth-order valence-corrected chi connectivity index (χ4v) is 2.85. The zero-order valence-corrected chi connectivity index (χ0v) is 13.9. The summed E-state index contributed by atoms with van der Waals surface area (Å²) < 4.78 is 0.850. The van der Waals surface area contributed by atoms with Crippen LogP contribution in [0.4, 0.5) is 11.4 Å². The molecule has 0 bridgehead atoms. The van der Waals surface area contributed by atoms with Crippen LogP contribution < -0.4 is 5.32 Å². The molecule has 0 aliphatic heterocycles. The summed E-state index contributed by atoms with van der Waals surface area (Å²) >= 11 is 3.41. The molecule has 1 aromatic heterocycles. The van der Waals surface area contributed by atoms with Gasteiger partial charge in [0, 0.05) is 15.9 Å². The van der Waals surface area contributed by atoms with Gasteiger partial charge in [0.2, 0.25) is 0 Å². The van der Waals surface area contributed by atoms with Crippen molar-refractivity contribution in [3.8, 4) is 0 Å². The molecule has 0 spiro atoms. The van der Waals surface area contributed by atoms with Crippen molar-refractivity contribution in [3.05, 3.63) is 74.9 Å². The molecule has 23 heavy (non-hydrogen) atoms. The smallest absolute Gasteiger partial charge is 0.311 e. The van der Waals surface area contributed by atoms with Gasteiger partial charge in [-0.05, 0) is 30.7 Å². The summed E-state index contributed by atoms with van der Waals surface area (Å²) in [4.78, 5) is 15.2. The van der Waals surface area contributed by atoms with Gasteiger partial charge in [0.1, 0.15) is 11.9 Å². The molecule has 1 heterocycles. The third-order valence-corrected chi connectivity index (χ3v) is 4.16. The fourth-order valence-electron chi connectivity index (χ4n) is 2.49. The van der Waals surface area contributed by atoms with Gasteiger partial charge in [0.25, 0.3) is 0 Å². The number of halogens is 1. The second-order valence-corrected chi connectivity index (χ2v) is 6.13. The molecule has 0 amide bonds. The predicted octanol–water partition coefficient (Wildman–Crippen LogP) is 5.08. The third kappa shape index (κ3) is 3.17. The lowest BCUT2D eigenvalue weighted by atomic mass is 10.1. The molecule has 0 radical (unpaired) electrons. The van der Waals surface area contributed by atoms with Crippen LogP contribution in [0.25, 0.3) is 10.9 Å². The molecule has 3 aromatic rings. The normalized spacial score (nSPS) is 12.1. The third-order valence-electron chi connectivity index (χ3n) is 3.67. The van der Waals surface area contributed by atoms with Crippen LogP contribution in [0, 0.1) is 10.1 Å². The zero-order valence-electron chi connectivity index (χ0n) is 12.4. The molecule has 5 nitrogen and oxygen atoms in total. The van der Waals surface area contributed by atoms with Crippen molar-refractivity contribution in [1.82, 2.24) is 4.98 Å². The summed E-state index contributed by atoms with van der Waals surface area (Å²) in [6.45, 7) is 1.98. The minimum atomic E-state index is -0.409. The summed E-state index contributed by atoms with van der Waals surface area (Å²) in [7, 11) is 0. The van der Waals surface area contributed by atoms with Crippen molar-refractivity contribution >= 4 is 38.2 Å². The van der Waals surface area contributed by atoms with E-state index in [0.717, 1.165) is 15.4 Å². The van der Waals surface area contributed by atoms with E-state index in [4.69, 9.17) is 0 Å². The molecule has 1 N–H and O–H groups in total. The lowest BCUT2D eigenvalue weighted by molar-refractivity contribution is -0.384. The fraction of sp³-hybridized carbons (Fsp3) is 0.118. The first-order valence-electron chi connectivity index (χ1n) is 7.10. The SMILES string of the molecule is CC(Nc1c([N+](=O)[O-])cnc2ccc(Br)cc12)c1ccccc1. The van der Waals surface area contributed by atoms with Crippen LogP contribution in [-0.4, -0.2) is 9.91 Å². The van der Waals surface area contributed by atoms with E-state index in [0.29, 0.717) is 11.2 Å². The van der Waals surface area contributed by atoms with Gasteiger partial charge in [-0.1, -0.05) is 46.3 Å². The van der Waals surface area contributed by atoms with E-state index in [1.165, 1.54) is 6.20 Å². The number of anilines is 1. The number of benzene rings is 2. The Hall–Kier alpha value is -2.47. The maximum Gasteiger partial charge on any atom is 0.311 e. The van der Waals surface area contributed by atoms with Crippen molar-refractivity contribution in [2.24, 2.45) is 0 Å². The van der Waals surface area contributed by atoms with Crippen LogP contribution in [0.3, 0.4) is 0 Å². The van der Waals surface area contributed by atoms with E-state index in [9.17, 15) is 10.1 Å². The van der Waals surface area contributed by atoms with Crippen molar-refractivity contribution in [3.63, 3.8) is 0 Å². The quantitative estimate of drug-likeness (QED) is 0.512. The predicted molar refractivity (Wildman–Crippen MR) is 94.6 cm³/mol. The molecule has 1 unspecified atom stereocenters. The number of nitrogens with zero attached hydrogens (tertiary/aromatic N) is 2. The van der Waals surface area contributed by atoms with E-state index in [1.807, 2.05) is 55.5 Å². The highest BCUT2D eigenvalue weighted by atomic mass is 79.9. The van der Waals surface area contributed by atoms with E-state index in [-0.39, 0.29) is 11.7 Å². The Kier molecular flexibility index (Phi) is 4.25. The Morgan fingerprint density at radius 3 is 2.65 bits per heavy atom. The molecule has 0 saturated carbocycles. The van der Waals surface area contributed by atoms with Crippen molar-refractivity contribution in [1.29, 1.82) is 0 Å². The van der Waals surface area contributed by atoms with Gasteiger partial charge < -0.3 is 5.32 Å². The second-order valence-electron chi connectivity index (χ2n) is 5.21. The topological polar surface area (TPSA) is 68.1 Å². The number of hydrogen-bond acceptors (Lipinski definition) is 4. The number of aromatic nitrogens is 1. The van der Waals surface area contributed by atoms with Crippen molar-refractivity contribution < 1.29 is 4.92 Å². The number of nitro groups is 1. The number of rotatable bonds is 4. The molecule has 0 saturated heterocycles. The Morgan fingerprint density at radius 1 is 1.22 bits per heavy atom. The Labute approximate surface area is 141 Å². The Bertz CT molecular complexity index is 868. The van der Waals surface area contributed by atoms with Crippen molar-refractivity contribution in [2.45, 2.75) is 13.0 Å². The summed E-state index contributed by atoms with van der Waals surface area (Å²) in [5.74, 6) is 0. The van der Waals surface area contributed by atoms with Crippen LogP contribution in [0.2, 0.25) is 0 Å². The zero-order chi connectivity index (χ0) is 16.4. The maximum atomic E-state index is 11.4. The first-order valence-corrected chi connectivity index (χ1v) is 7.89. The monoisotopic (exact) mass is 371 g/mol. The van der Waals surface area contributed by atoms with Gasteiger partial charge in [-0.15, -0.1) is 0 Å². The highest BCUT2D eigenvalue weighted by Gasteiger charge is 2.20. The average molecular weight is 372 g/mol. The van der Waals surface area contributed by atoms with Gasteiger partial charge in [0.05, 0.1) is 10.4 Å². The number of hydrogen-bond donors (Lipinski definition) is 1. The van der Waals surface area contributed by atoms with Crippen LogP contribution >= 0.6 is 15.9 Å². The molecule has 0 aliphatic carbocycles. The van der Waals surface area contributed by atoms with Gasteiger partial charge in [-0.3, -0.25) is 10.1 Å². The standard InChI is InChI=1S/C17H14BrN3O2/c1-11(12-5-3-2-4-6-12)20-17-14-9-13(18)7-8-15(14)19-10-16(17)21(22)23/h2-11H,1H3,(H,19,20). The highest BCUT2D eigenvalue weighted by Crippen LogP contribution is 2.35. The lowest BCUT2D eigenvalue weighted by Gasteiger charge is -2.17. The first kappa shape index (κ1) is 15.4. The molecule has 3 rings (SSSR count). The van der Waals surface area contributed by atoms with Crippen molar-refractivity contribution in [2.75, 3.05) is 5.32 Å². The minimum absolute atomic E-state index is 0.0293. The van der Waals surface area contributed by atoms with Crippen LogP contribution in [0.5, 0.6) is 0 Å². The molecule has 0 fully saturated rings. The molecule has 1 atom stereocenters. The first-order chi connectivity index (χ1) is 11.1. The Morgan fingerprint density at radius 2 is 1.96 bits per heavy atom. The summed E-state index contributed by atoms with van der Waals surface area (Å²) in [5.41, 5.74) is 2.22. The lowest BCUT2D eigenvalue weighted by Crippen LogP contribution is -2.09. The molecular weight excluding hydrogens is 358 g/mol. The average Bonchev–Trinajstić information content (AvgIpc) is 2.55.